The van der Waals surface area contributed by atoms with Gasteiger partial charge in [-0.2, -0.15) is 0 Å². The van der Waals surface area contributed by atoms with Crippen molar-refractivity contribution < 1.29 is 4.39 Å². The van der Waals surface area contributed by atoms with E-state index < -0.39 is 0 Å². The lowest BCUT2D eigenvalue weighted by Gasteiger charge is -2.36. The molecule has 3 rings (SSSR count). The molecule has 2 aliphatic rings. The first-order chi connectivity index (χ1) is 10.1. The molecule has 1 saturated carbocycles. The van der Waals surface area contributed by atoms with Crippen molar-refractivity contribution in [2.24, 2.45) is 11.8 Å². The van der Waals surface area contributed by atoms with Crippen LogP contribution in [0.2, 0.25) is 0 Å². The van der Waals surface area contributed by atoms with Gasteiger partial charge >= 0.3 is 0 Å². The van der Waals surface area contributed by atoms with E-state index in [1.165, 1.54) is 32.1 Å². The monoisotopic (exact) mass is 290 g/mol. The molecule has 1 aromatic rings. The summed E-state index contributed by atoms with van der Waals surface area (Å²) in [6.07, 6.45) is 6.22. The first-order valence-electron chi connectivity index (χ1n) is 8.46. The standard InChI is InChI=1S/C18H27FN2/c1-13-6-5-7-14(2)18(13)20-15-8-9-17(16(19)12-15)21-10-3-4-11-21/h8-9,12-14,18,20H,3-7,10-11H2,1-2H3. The number of nitrogens with zero attached hydrogens (tertiary/aromatic N) is 1. The van der Waals surface area contributed by atoms with Gasteiger partial charge in [0.2, 0.25) is 0 Å². The van der Waals surface area contributed by atoms with Crippen molar-refractivity contribution in [1.82, 2.24) is 0 Å². The number of benzene rings is 1. The summed E-state index contributed by atoms with van der Waals surface area (Å²) in [5.41, 5.74) is 1.70. The van der Waals surface area contributed by atoms with Crippen molar-refractivity contribution >= 4 is 11.4 Å². The molecule has 0 radical (unpaired) electrons. The predicted octanol–water partition coefficient (Wildman–Crippen LogP) is 4.66. The van der Waals surface area contributed by atoms with Crippen LogP contribution in [0.3, 0.4) is 0 Å². The van der Waals surface area contributed by atoms with E-state index in [-0.39, 0.29) is 5.82 Å². The van der Waals surface area contributed by atoms with E-state index in [4.69, 9.17) is 0 Å². The van der Waals surface area contributed by atoms with Crippen LogP contribution in [0, 0.1) is 17.7 Å². The Kier molecular flexibility index (Phi) is 4.37. The van der Waals surface area contributed by atoms with E-state index in [1.54, 1.807) is 6.07 Å². The highest BCUT2D eigenvalue weighted by molar-refractivity contribution is 5.57. The maximum Gasteiger partial charge on any atom is 0.148 e. The van der Waals surface area contributed by atoms with Gasteiger partial charge in [-0.25, -0.2) is 4.39 Å². The zero-order chi connectivity index (χ0) is 14.8. The Morgan fingerprint density at radius 2 is 1.71 bits per heavy atom. The van der Waals surface area contributed by atoms with Crippen molar-refractivity contribution in [1.29, 1.82) is 0 Å². The molecule has 1 aliphatic heterocycles. The Balaban J connectivity index is 1.72. The van der Waals surface area contributed by atoms with Crippen molar-refractivity contribution in [3.63, 3.8) is 0 Å². The Labute approximate surface area is 127 Å². The summed E-state index contributed by atoms with van der Waals surface area (Å²) in [5.74, 6) is 1.24. The highest BCUT2D eigenvalue weighted by atomic mass is 19.1. The molecule has 0 bridgehead atoms. The highest BCUT2D eigenvalue weighted by Gasteiger charge is 2.27. The average Bonchev–Trinajstić information content (AvgIpc) is 2.97. The van der Waals surface area contributed by atoms with Crippen LogP contribution in [0.25, 0.3) is 0 Å². The summed E-state index contributed by atoms with van der Waals surface area (Å²) in [6.45, 7) is 6.59. The van der Waals surface area contributed by atoms with Crippen LogP contribution in [-0.4, -0.2) is 19.1 Å². The number of hydrogen-bond acceptors (Lipinski definition) is 2. The molecule has 2 atom stereocenters. The summed E-state index contributed by atoms with van der Waals surface area (Å²) >= 11 is 0. The molecule has 1 aliphatic carbocycles. The van der Waals surface area contributed by atoms with Crippen molar-refractivity contribution in [2.75, 3.05) is 23.3 Å². The lowest BCUT2D eigenvalue weighted by molar-refractivity contribution is 0.268. The lowest BCUT2D eigenvalue weighted by atomic mass is 9.78. The molecule has 1 heterocycles. The summed E-state index contributed by atoms with van der Waals surface area (Å²) in [4.78, 5) is 2.16. The van der Waals surface area contributed by atoms with Crippen molar-refractivity contribution in [3.05, 3.63) is 24.0 Å². The van der Waals surface area contributed by atoms with Gasteiger partial charge in [-0.3, -0.25) is 0 Å². The molecule has 1 aromatic carbocycles. The Bertz CT molecular complexity index is 472. The predicted molar refractivity (Wildman–Crippen MR) is 87.4 cm³/mol. The van der Waals surface area contributed by atoms with Gasteiger partial charge < -0.3 is 10.2 Å². The number of nitrogens with one attached hydrogen (secondary N) is 1. The molecular weight excluding hydrogens is 263 g/mol. The molecule has 3 heteroatoms. The lowest BCUT2D eigenvalue weighted by Crippen LogP contribution is -2.37. The van der Waals surface area contributed by atoms with Gasteiger partial charge in [-0.1, -0.05) is 20.3 Å². The minimum atomic E-state index is -0.0852. The van der Waals surface area contributed by atoms with E-state index in [0.717, 1.165) is 24.5 Å². The minimum absolute atomic E-state index is 0.0852. The Morgan fingerprint density at radius 1 is 1.05 bits per heavy atom. The van der Waals surface area contributed by atoms with Crippen LogP contribution in [0.5, 0.6) is 0 Å². The third-order valence-electron chi connectivity index (χ3n) is 5.27. The van der Waals surface area contributed by atoms with Gasteiger partial charge in [0.1, 0.15) is 5.82 Å². The first kappa shape index (κ1) is 14.7. The zero-order valence-corrected chi connectivity index (χ0v) is 13.2. The molecule has 0 spiro atoms. The summed E-state index contributed by atoms with van der Waals surface area (Å²) in [7, 11) is 0. The minimum Gasteiger partial charge on any atom is -0.382 e. The maximum atomic E-state index is 14.4. The third-order valence-corrected chi connectivity index (χ3v) is 5.27. The van der Waals surface area contributed by atoms with E-state index in [0.29, 0.717) is 17.9 Å². The normalized spacial score (nSPS) is 29.7. The fourth-order valence-electron chi connectivity index (χ4n) is 3.97. The van der Waals surface area contributed by atoms with E-state index >= 15 is 0 Å². The molecule has 2 nitrogen and oxygen atoms in total. The highest BCUT2D eigenvalue weighted by Crippen LogP contribution is 2.32. The quantitative estimate of drug-likeness (QED) is 0.870. The molecule has 0 aromatic heterocycles. The summed E-state index contributed by atoms with van der Waals surface area (Å²) in [6, 6.07) is 6.14. The first-order valence-corrected chi connectivity index (χ1v) is 8.46. The van der Waals surface area contributed by atoms with Crippen molar-refractivity contribution in [3.8, 4) is 0 Å². The fourth-order valence-corrected chi connectivity index (χ4v) is 3.97. The molecule has 2 unspecified atom stereocenters. The van der Waals surface area contributed by atoms with Gasteiger partial charge in [0.05, 0.1) is 5.69 Å². The second kappa shape index (κ2) is 6.25. The van der Waals surface area contributed by atoms with Crippen LogP contribution in [0.1, 0.15) is 46.0 Å². The molecule has 116 valence electrons. The van der Waals surface area contributed by atoms with E-state index in [9.17, 15) is 4.39 Å². The average molecular weight is 290 g/mol. The second-order valence-electron chi connectivity index (χ2n) is 6.92. The summed E-state index contributed by atoms with van der Waals surface area (Å²) < 4.78 is 14.4. The molecule has 1 saturated heterocycles. The van der Waals surface area contributed by atoms with Crippen LogP contribution in [0.4, 0.5) is 15.8 Å². The molecule has 0 amide bonds. The Morgan fingerprint density at radius 3 is 2.33 bits per heavy atom. The third kappa shape index (κ3) is 3.17. The largest absolute Gasteiger partial charge is 0.382 e. The Hall–Kier alpha value is -1.25. The fraction of sp³-hybridized carbons (Fsp3) is 0.667. The number of anilines is 2. The summed E-state index contributed by atoms with van der Waals surface area (Å²) in [5, 5.41) is 3.58. The van der Waals surface area contributed by atoms with Crippen molar-refractivity contribution in [2.45, 2.75) is 52.0 Å². The van der Waals surface area contributed by atoms with Crippen LogP contribution >= 0.6 is 0 Å². The van der Waals surface area contributed by atoms with Gasteiger partial charge in [-0.15, -0.1) is 0 Å². The van der Waals surface area contributed by atoms with Gasteiger partial charge in [0, 0.05) is 24.8 Å². The molecule has 1 N–H and O–H groups in total. The second-order valence-corrected chi connectivity index (χ2v) is 6.92. The number of hydrogen-bond donors (Lipinski definition) is 1. The zero-order valence-electron chi connectivity index (χ0n) is 13.2. The number of halogens is 1. The van der Waals surface area contributed by atoms with Crippen LogP contribution in [-0.2, 0) is 0 Å². The van der Waals surface area contributed by atoms with Crippen LogP contribution < -0.4 is 10.2 Å². The SMILES string of the molecule is CC1CCCC(C)C1Nc1ccc(N2CCCC2)c(F)c1. The topological polar surface area (TPSA) is 15.3 Å². The molecule has 21 heavy (non-hydrogen) atoms. The maximum absolute atomic E-state index is 14.4. The van der Waals surface area contributed by atoms with Gasteiger partial charge in [0.15, 0.2) is 0 Å². The van der Waals surface area contributed by atoms with Crippen LogP contribution in [0.15, 0.2) is 18.2 Å². The van der Waals surface area contributed by atoms with Gasteiger partial charge in [0.25, 0.3) is 0 Å². The van der Waals surface area contributed by atoms with E-state index in [2.05, 4.69) is 24.1 Å². The number of rotatable bonds is 3. The van der Waals surface area contributed by atoms with E-state index in [1.807, 2.05) is 12.1 Å². The molecular formula is C18H27FN2. The van der Waals surface area contributed by atoms with Gasteiger partial charge in [-0.05, 0) is 55.7 Å². The smallest absolute Gasteiger partial charge is 0.148 e. The molecule has 2 fully saturated rings.